The van der Waals surface area contributed by atoms with Crippen molar-refractivity contribution in [2.24, 2.45) is 0 Å². The summed E-state index contributed by atoms with van der Waals surface area (Å²) in [5.74, 6) is 2.87. The Kier molecular flexibility index (Phi) is 5.59. The van der Waals surface area contributed by atoms with Crippen LogP contribution in [-0.2, 0) is 14.3 Å². The van der Waals surface area contributed by atoms with E-state index in [9.17, 15) is 18.8 Å². The van der Waals surface area contributed by atoms with Crippen molar-refractivity contribution >= 4 is 28.9 Å². The highest BCUT2D eigenvalue weighted by atomic mass is 19.1. The lowest BCUT2D eigenvalue weighted by Crippen LogP contribution is -2.39. The molecule has 7 nitrogen and oxygen atoms in total. The zero-order valence-corrected chi connectivity index (χ0v) is 16.3. The van der Waals surface area contributed by atoms with E-state index in [0.717, 1.165) is 0 Å². The molecular weight excluding hydrogens is 379 g/mol. The molecule has 1 aromatic heterocycles. The maximum Gasteiger partial charge on any atom is 0.408 e. The number of carbonyl (C=O) groups excluding carboxylic acids is 3. The Balaban J connectivity index is 1.80. The van der Waals surface area contributed by atoms with Gasteiger partial charge in [-0.2, -0.15) is 0 Å². The highest BCUT2D eigenvalue weighted by Gasteiger charge is 2.31. The summed E-state index contributed by atoms with van der Waals surface area (Å²) in [7, 11) is 0. The van der Waals surface area contributed by atoms with Crippen LogP contribution in [0.2, 0.25) is 0 Å². The molecule has 1 saturated heterocycles. The van der Waals surface area contributed by atoms with Gasteiger partial charge in [0.25, 0.3) is 0 Å². The van der Waals surface area contributed by atoms with Crippen molar-refractivity contribution in [3.8, 4) is 11.8 Å². The number of fused-ring (bicyclic) bond motifs is 1. The standard InChI is InChI=1S/C21H21FN2O5/c1-21(2,3)29-20(27)23-11-5-8-15-18(22)17-12(6-4-7-14(17)28-15)13-9-10-16(25)24-19(13)26/h4,6-7,13H,9-11H2,1-3H3,(H,23,27)(H,24,25,26). The molecular formula is C21H21FN2O5. The first-order valence-corrected chi connectivity index (χ1v) is 9.16. The molecule has 3 rings (SSSR count). The lowest BCUT2D eigenvalue weighted by molar-refractivity contribution is -0.134. The number of amides is 3. The largest absolute Gasteiger partial charge is 0.444 e. The van der Waals surface area contributed by atoms with Crippen molar-refractivity contribution in [2.75, 3.05) is 6.54 Å². The zero-order valence-electron chi connectivity index (χ0n) is 16.3. The summed E-state index contributed by atoms with van der Waals surface area (Å²) in [5, 5.41) is 4.90. The summed E-state index contributed by atoms with van der Waals surface area (Å²) in [4.78, 5) is 35.1. The number of benzene rings is 1. The molecule has 0 aliphatic carbocycles. The Bertz CT molecular complexity index is 1040. The highest BCUT2D eigenvalue weighted by Crippen LogP contribution is 2.34. The van der Waals surface area contributed by atoms with Crippen LogP contribution in [0.4, 0.5) is 9.18 Å². The van der Waals surface area contributed by atoms with Crippen LogP contribution in [0.25, 0.3) is 11.0 Å². The molecule has 2 N–H and O–H groups in total. The first-order chi connectivity index (χ1) is 13.7. The smallest absolute Gasteiger partial charge is 0.408 e. The van der Waals surface area contributed by atoms with E-state index < -0.39 is 29.3 Å². The number of imide groups is 1. The van der Waals surface area contributed by atoms with Gasteiger partial charge < -0.3 is 14.5 Å². The first-order valence-electron chi connectivity index (χ1n) is 9.16. The van der Waals surface area contributed by atoms with Crippen LogP contribution in [-0.4, -0.2) is 30.1 Å². The summed E-state index contributed by atoms with van der Waals surface area (Å²) in [6.45, 7) is 5.16. The van der Waals surface area contributed by atoms with Crippen LogP contribution in [0.1, 0.15) is 50.9 Å². The number of hydrogen-bond donors (Lipinski definition) is 2. The fourth-order valence-corrected chi connectivity index (χ4v) is 3.05. The molecule has 1 aliphatic rings. The lowest BCUT2D eigenvalue weighted by atomic mass is 9.88. The Labute approximate surface area is 167 Å². The van der Waals surface area contributed by atoms with Crippen molar-refractivity contribution in [2.45, 2.75) is 45.1 Å². The van der Waals surface area contributed by atoms with E-state index in [1.54, 1.807) is 39.0 Å². The molecule has 3 amide bonds. The fraction of sp³-hybridized carbons (Fsp3) is 0.381. The molecule has 0 saturated carbocycles. The number of furan rings is 1. The number of alkyl carbamates (subject to hydrolysis) is 1. The van der Waals surface area contributed by atoms with Gasteiger partial charge in [-0.1, -0.05) is 18.1 Å². The van der Waals surface area contributed by atoms with E-state index in [4.69, 9.17) is 9.15 Å². The molecule has 1 aliphatic heterocycles. The van der Waals surface area contributed by atoms with Crippen molar-refractivity contribution in [3.63, 3.8) is 0 Å². The third kappa shape index (κ3) is 4.74. The van der Waals surface area contributed by atoms with Crippen molar-refractivity contribution in [1.29, 1.82) is 0 Å². The predicted molar refractivity (Wildman–Crippen MR) is 102 cm³/mol. The van der Waals surface area contributed by atoms with Gasteiger partial charge in [0.15, 0.2) is 5.82 Å². The number of rotatable bonds is 2. The third-order valence-corrected chi connectivity index (χ3v) is 4.23. The van der Waals surface area contributed by atoms with Gasteiger partial charge in [-0.15, -0.1) is 0 Å². The van der Waals surface area contributed by atoms with Gasteiger partial charge in [0, 0.05) is 6.42 Å². The minimum Gasteiger partial charge on any atom is -0.444 e. The van der Waals surface area contributed by atoms with Crippen LogP contribution in [0.15, 0.2) is 22.6 Å². The van der Waals surface area contributed by atoms with Gasteiger partial charge >= 0.3 is 6.09 Å². The molecule has 29 heavy (non-hydrogen) atoms. The maximum atomic E-state index is 14.9. The topological polar surface area (TPSA) is 97.6 Å². The van der Waals surface area contributed by atoms with Gasteiger partial charge in [0.2, 0.25) is 17.6 Å². The number of nitrogens with one attached hydrogen (secondary N) is 2. The van der Waals surface area contributed by atoms with Crippen molar-refractivity contribution < 1.29 is 27.9 Å². The SMILES string of the molecule is CC(C)(C)OC(=O)NCC#Cc1oc2cccc(C3CCC(=O)NC3=O)c2c1F. The number of piperidine rings is 1. The van der Waals surface area contributed by atoms with Crippen LogP contribution in [0.3, 0.4) is 0 Å². The molecule has 152 valence electrons. The monoisotopic (exact) mass is 400 g/mol. The van der Waals surface area contributed by atoms with Crippen molar-refractivity contribution in [1.82, 2.24) is 10.6 Å². The van der Waals surface area contributed by atoms with E-state index in [1.807, 2.05) is 0 Å². The molecule has 0 bridgehead atoms. The summed E-state index contributed by atoms with van der Waals surface area (Å²) in [6, 6.07) is 4.88. The predicted octanol–water partition coefficient (Wildman–Crippen LogP) is 2.97. The second-order valence-corrected chi connectivity index (χ2v) is 7.63. The second-order valence-electron chi connectivity index (χ2n) is 7.63. The summed E-state index contributed by atoms with van der Waals surface area (Å²) in [5.41, 5.74) is 0.0807. The van der Waals surface area contributed by atoms with Crippen LogP contribution in [0.5, 0.6) is 0 Å². The van der Waals surface area contributed by atoms with Gasteiger partial charge in [0.1, 0.15) is 11.2 Å². The average molecular weight is 400 g/mol. The van der Waals surface area contributed by atoms with Crippen LogP contribution < -0.4 is 10.6 Å². The Hall–Kier alpha value is -3.34. The highest BCUT2D eigenvalue weighted by molar-refractivity contribution is 6.02. The van der Waals surface area contributed by atoms with E-state index >= 15 is 0 Å². The zero-order chi connectivity index (χ0) is 21.2. The molecule has 1 unspecified atom stereocenters. The molecule has 1 aromatic carbocycles. The minimum atomic E-state index is -0.676. The lowest BCUT2D eigenvalue weighted by Gasteiger charge is -2.21. The van der Waals surface area contributed by atoms with E-state index in [2.05, 4.69) is 22.5 Å². The number of halogens is 1. The molecule has 0 spiro atoms. The summed E-state index contributed by atoms with van der Waals surface area (Å²) < 4.78 is 25.5. The van der Waals surface area contributed by atoms with Gasteiger partial charge in [-0.3, -0.25) is 14.9 Å². The first kappa shape index (κ1) is 20.4. The fourth-order valence-electron chi connectivity index (χ4n) is 3.05. The third-order valence-electron chi connectivity index (χ3n) is 4.23. The van der Waals surface area contributed by atoms with E-state index in [0.29, 0.717) is 12.0 Å². The summed E-state index contributed by atoms with van der Waals surface area (Å²) >= 11 is 0. The second kappa shape index (κ2) is 7.95. The average Bonchev–Trinajstić information content (AvgIpc) is 2.94. The Morgan fingerprint density at radius 2 is 2.14 bits per heavy atom. The van der Waals surface area contributed by atoms with Crippen LogP contribution >= 0.6 is 0 Å². The molecule has 2 aromatic rings. The van der Waals surface area contributed by atoms with Crippen LogP contribution in [0, 0.1) is 17.7 Å². The molecule has 8 heteroatoms. The Morgan fingerprint density at radius 1 is 1.38 bits per heavy atom. The van der Waals surface area contributed by atoms with Gasteiger partial charge in [0.05, 0.1) is 17.8 Å². The molecule has 1 fully saturated rings. The number of ether oxygens (including phenoxy) is 1. The molecule has 1 atom stereocenters. The minimum absolute atomic E-state index is 0.0502. The van der Waals surface area contributed by atoms with E-state index in [-0.39, 0.29) is 35.6 Å². The quantitative estimate of drug-likeness (QED) is 0.597. The number of carbonyl (C=O) groups is 3. The van der Waals surface area contributed by atoms with E-state index in [1.165, 1.54) is 0 Å². The number of hydrogen-bond acceptors (Lipinski definition) is 5. The van der Waals surface area contributed by atoms with Crippen molar-refractivity contribution in [3.05, 3.63) is 35.3 Å². The summed E-state index contributed by atoms with van der Waals surface area (Å²) in [6.07, 6.45) is -0.137. The van der Waals surface area contributed by atoms with Gasteiger partial charge in [-0.05, 0) is 44.7 Å². The maximum absolute atomic E-state index is 14.9. The molecule has 2 heterocycles. The Morgan fingerprint density at radius 3 is 2.83 bits per heavy atom. The van der Waals surface area contributed by atoms with Gasteiger partial charge in [-0.25, -0.2) is 9.18 Å². The molecule has 0 radical (unpaired) electrons. The normalized spacial score (nSPS) is 16.8.